The minimum atomic E-state index is 0.0872. The Morgan fingerprint density at radius 3 is 2.07 bits per heavy atom. The summed E-state index contributed by atoms with van der Waals surface area (Å²) in [7, 11) is 0. The number of nitrogens with one attached hydrogen (secondary N) is 1. The van der Waals surface area contributed by atoms with Gasteiger partial charge in [-0.3, -0.25) is 4.79 Å². The second-order valence-corrected chi connectivity index (χ2v) is 7.02. The largest absolute Gasteiger partial charge is 0.356 e. The van der Waals surface area contributed by atoms with Crippen molar-refractivity contribution in [3.8, 4) is 0 Å². The summed E-state index contributed by atoms with van der Waals surface area (Å²) in [4.78, 5) is 12.6. The monoisotopic (exact) mass is 357 g/mol. The number of rotatable bonds is 8. The van der Waals surface area contributed by atoms with Crippen LogP contribution in [0.5, 0.6) is 0 Å². The van der Waals surface area contributed by atoms with Crippen molar-refractivity contribution in [3.05, 3.63) is 107 Å². The Morgan fingerprint density at radius 2 is 1.48 bits per heavy atom. The van der Waals surface area contributed by atoms with E-state index in [1.165, 1.54) is 22.3 Å². The van der Waals surface area contributed by atoms with Gasteiger partial charge in [0, 0.05) is 18.9 Å². The SMILES string of the molecule is Cc1cccc(CCCNC(=O)CC(c2ccccc2)c2ccccc2)c1. The molecule has 138 valence electrons. The minimum absolute atomic E-state index is 0.0872. The summed E-state index contributed by atoms with van der Waals surface area (Å²) < 4.78 is 0. The van der Waals surface area contributed by atoms with Gasteiger partial charge in [0.2, 0.25) is 5.91 Å². The highest BCUT2D eigenvalue weighted by Gasteiger charge is 2.17. The maximum Gasteiger partial charge on any atom is 0.220 e. The zero-order valence-electron chi connectivity index (χ0n) is 15.9. The molecule has 0 aliphatic heterocycles. The number of hydrogen-bond donors (Lipinski definition) is 1. The lowest BCUT2D eigenvalue weighted by Crippen LogP contribution is -2.26. The number of carbonyl (C=O) groups excluding carboxylic acids is 1. The first-order valence-corrected chi connectivity index (χ1v) is 9.64. The van der Waals surface area contributed by atoms with Crippen molar-refractivity contribution in [1.29, 1.82) is 0 Å². The number of hydrogen-bond acceptors (Lipinski definition) is 1. The third kappa shape index (κ3) is 5.82. The first-order chi connectivity index (χ1) is 13.2. The predicted molar refractivity (Wildman–Crippen MR) is 112 cm³/mol. The fourth-order valence-corrected chi connectivity index (χ4v) is 3.44. The highest BCUT2D eigenvalue weighted by Crippen LogP contribution is 2.27. The second kappa shape index (κ2) is 9.72. The van der Waals surface area contributed by atoms with Gasteiger partial charge in [0.25, 0.3) is 0 Å². The lowest BCUT2D eigenvalue weighted by molar-refractivity contribution is -0.121. The summed E-state index contributed by atoms with van der Waals surface area (Å²) in [5.74, 6) is 0.195. The van der Waals surface area contributed by atoms with E-state index in [0.717, 1.165) is 12.8 Å². The van der Waals surface area contributed by atoms with Gasteiger partial charge in [-0.05, 0) is 36.5 Å². The van der Waals surface area contributed by atoms with E-state index in [1.807, 2.05) is 36.4 Å². The molecule has 2 heteroatoms. The van der Waals surface area contributed by atoms with Gasteiger partial charge in [-0.1, -0.05) is 90.5 Å². The van der Waals surface area contributed by atoms with E-state index < -0.39 is 0 Å². The van der Waals surface area contributed by atoms with Crippen molar-refractivity contribution >= 4 is 5.91 Å². The van der Waals surface area contributed by atoms with Crippen LogP contribution in [-0.2, 0) is 11.2 Å². The lowest BCUT2D eigenvalue weighted by Gasteiger charge is -2.18. The molecule has 0 bridgehead atoms. The molecule has 0 heterocycles. The van der Waals surface area contributed by atoms with Gasteiger partial charge in [0.05, 0.1) is 0 Å². The molecule has 27 heavy (non-hydrogen) atoms. The van der Waals surface area contributed by atoms with Gasteiger partial charge >= 0.3 is 0 Å². The molecule has 0 fully saturated rings. The van der Waals surface area contributed by atoms with Crippen LogP contribution in [0.15, 0.2) is 84.9 Å². The highest BCUT2D eigenvalue weighted by molar-refractivity contribution is 5.77. The van der Waals surface area contributed by atoms with Crippen molar-refractivity contribution in [3.63, 3.8) is 0 Å². The Kier molecular flexibility index (Phi) is 6.81. The number of carbonyl (C=O) groups is 1. The third-order valence-corrected chi connectivity index (χ3v) is 4.84. The molecule has 0 spiro atoms. The standard InChI is InChI=1S/C25H27NO/c1-20-10-8-11-21(18-20)12-9-17-26-25(27)19-24(22-13-4-2-5-14-22)23-15-6-3-7-16-23/h2-8,10-11,13-16,18,24H,9,12,17,19H2,1H3,(H,26,27). The molecule has 0 aliphatic carbocycles. The molecule has 0 saturated heterocycles. The van der Waals surface area contributed by atoms with Gasteiger partial charge in [0.15, 0.2) is 0 Å². The average Bonchev–Trinajstić information content (AvgIpc) is 2.71. The fraction of sp³-hybridized carbons (Fsp3) is 0.240. The topological polar surface area (TPSA) is 29.1 Å². The van der Waals surface area contributed by atoms with Gasteiger partial charge < -0.3 is 5.32 Å². The Bertz CT molecular complexity index is 803. The molecule has 2 nitrogen and oxygen atoms in total. The molecular weight excluding hydrogens is 330 g/mol. The smallest absolute Gasteiger partial charge is 0.220 e. The zero-order valence-corrected chi connectivity index (χ0v) is 15.9. The number of benzene rings is 3. The predicted octanol–water partition coefficient (Wildman–Crippen LogP) is 5.27. The summed E-state index contributed by atoms with van der Waals surface area (Å²) >= 11 is 0. The van der Waals surface area contributed by atoms with Crippen molar-refractivity contribution in [2.75, 3.05) is 6.54 Å². The van der Waals surface area contributed by atoms with Gasteiger partial charge in [-0.25, -0.2) is 0 Å². The molecule has 0 radical (unpaired) electrons. The van der Waals surface area contributed by atoms with Gasteiger partial charge in [-0.15, -0.1) is 0 Å². The van der Waals surface area contributed by atoms with Crippen LogP contribution in [0.3, 0.4) is 0 Å². The van der Waals surface area contributed by atoms with Crippen LogP contribution in [0.4, 0.5) is 0 Å². The molecule has 3 aromatic carbocycles. The quantitative estimate of drug-likeness (QED) is 0.547. The van der Waals surface area contributed by atoms with Crippen molar-refractivity contribution in [2.24, 2.45) is 0 Å². The van der Waals surface area contributed by atoms with Crippen molar-refractivity contribution in [1.82, 2.24) is 5.32 Å². The van der Waals surface area contributed by atoms with E-state index in [0.29, 0.717) is 13.0 Å². The minimum Gasteiger partial charge on any atom is -0.356 e. The molecule has 0 atom stereocenters. The van der Waals surface area contributed by atoms with E-state index in [1.54, 1.807) is 0 Å². The van der Waals surface area contributed by atoms with Crippen LogP contribution in [0, 0.1) is 6.92 Å². The van der Waals surface area contributed by atoms with Crippen LogP contribution < -0.4 is 5.32 Å². The Hall–Kier alpha value is -2.87. The fourth-order valence-electron chi connectivity index (χ4n) is 3.44. The first kappa shape index (κ1) is 18.9. The van der Waals surface area contributed by atoms with Crippen LogP contribution in [0.2, 0.25) is 0 Å². The number of amides is 1. The Morgan fingerprint density at radius 1 is 0.852 bits per heavy atom. The summed E-state index contributed by atoms with van der Waals surface area (Å²) in [5.41, 5.74) is 4.97. The maximum absolute atomic E-state index is 12.6. The Labute approximate surface area is 162 Å². The van der Waals surface area contributed by atoms with Crippen molar-refractivity contribution < 1.29 is 4.79 Å². The molecule has 1 N–H and O–H groups in total. The summed E-state index contributed by atoms with van der Waals surface area (Å²) in [5, 5.41) is 3.10. The molecule has 0 aromatic heterocycles. The van der Waals surface area contributed by atoms with Gasteiger partial charge in [0.1, 0.15) is 0 Å². The second-order valence-electron chi connectivity index (χ2n) is 7.02. The first-order valence-electron chi connectivity index (χ1n) is 9.64. The molecule has 3 aromatic rings. The van der Waals surface area contributed by atoms with Crippen LogP contribution in [0.1, 0.15) is 41.0 Å². The Balaban J connectivity index is 1.55. The van der Waals surface area contributed by atoms with Crippen LogP contribution in [-0.4, -0.2) is 12.5 Å². The van der Waals surface area contributed by atoms with E-state index in [9.17, 15) is 4.79 Å². The molecule has 0 aliphatic rings. The zero-order chi connectivity index (χ0) is 18.9. The van der Waals surface area contributed by atoms with E-state index in [4.69, 9.17) is 0 Å². The molecule has 1 amide bonds. The average molecular weight is 357 g/mol. The van der Waals surface area contributed by atoms with E-state index in [2.05, 4.69) is 60.8 Å². The third-order valence-electron chi connectivity index (χ3n) is 4.84. The molecule has 3 rings (SSSR count). The number of aryl methyl sites for hydroxylation is 2. The summed E-state index contributed by atoms with van der Waals surface area (Å²) in [6.07, 6.45) is 2.41. The highest BCUT2D eigenvalue weighted by atomic mass is 16.1. The normalized spacial score (nSPS) is 10.7. The lowest BCUT2D eigenvalue weighted by atomic mass is 9.88. The molecule has 0 unspecified atom stereocenters. The molecule has 0 saturated carbocycles. The maximum atomic E-state index is 12.6. The van der Waals surface area contributed by atoms with E-state index >= 15 is 0 Å². The molecular formula is C25H27NO. The van der Waals surface area contributed by atoms with Crippen LogP contribution >= 0.6 is 0 Å². The summed E-state index contributed by atoms with van der Waals surface area (Å²) in [6.45, 7) is 2.82. The van der Waals surface area contributed by atoms with Crippen LogP contribution in [0.25, 0.3) is 0 Å². The van der Waals surface area contributed by atoms with E-state index in [-0.39, 0.29) is 11.8 Å². The van der Waals surface area contributed by atoms with Crippen molar-refractivity contribution in [2.45, 2.75) is 32.1 Å². The summed E-state index contributed by atoms with van der Waals surface area (Å²) in [6, 6.07) is 29.1. The van der Waals surface area contributed by atoms with Gasteiger partial charge in [-0.2, -0.15) is 0 Å².